The third kappa shape index (κ3) is 4.77. The van der Waals surface area contributed by atoms with Crippen molar-refractivity contribution in [3.63, 3.8) is 0 Å². The Balaban J connectivity index is 1.78. The molecule has 1 N–H and O–H groups in total. The molecule has 0 saturated heterocycles. The van der Waals surface area contributed by atoms with E-state index in [0.717, 1.165) is 18.4 Å². The summed E-state index contributed by atoms with van der Waals surface area (Å²) in [5.41, 5.74) is 0.0660. The number of aryl methyl sites for hydroxylation is 1. The molecule has 1 amide bonds. The van der Waals surface area contributed by atoms with Crippen molar-refractivity contribution in [3.05, 3.63) is 47.3 Å². The normalized spacial score (nSPS) is 11.2. The summed E-state index contributed by atoms with van der Waals surface area (Å²) in [4.78, 5) is 12.2. The Hall–Kier alpha value is -2.01. The van der Waals surface area contributed by atoms with Crippen LogP contribution < -0.4 is 10.1 Å². The highest BCUT2D eigenvalue weighted by molar-refractivity contribution is 6.30. The average Bonchev–Trinajstić information content (AvgIpc) is 2.99. The van der Waals surface area contributed by atoms with Crippen LogP contribution in [0, 0.1) is 0 Å². The molecule has 2 aromatic rings. The highest BCUT2D eigenvalue weighted by Crippen LogP contribution is 2.21. The number of nitrogens with one attached hydrogen (secondary N) is 1. The summed E-state index contributed by atoms with van der Waals surface area (Å²) in [6, 6.07) is 6.93. The first-order valence-electron chi connectivity index (χ1n) is 7.08. The maximum absolute atomic E-state index is 12.2. The molecule has 0 fully saturated rings. The molecule has 0 bridgehead atoms. The van der Waals surface area contributed by atoms with E-state index in [1.165, 1.54) is 0 Å². The molecule has 5 nitrogen and oxygen atoms in total. The Kier molecular flexibility index (Phi) is 5.44. The van der Waals surface area contributed by atoms with Crippen molar-refractivity contribution in [3.8, 4) is 5.75 Å². The molecule has 2 rings (SSSR count). The summed E-state index contributed by atoms with van der Waals surface area (Å²) in [7, 11) is 0. The largest absolute Gasteiger partial charge is 0.478 e. The number of aromatic nitrogens is 1. The van der Waals surface area contributed by atoms with Gasteiger partial charge in [-0.05, 0) is 51.0 Å². The fourth-order valence-electron chi connectivity index (χ4n) is 1.90. The lowest BCUT2D eigenvalue weighted by molar-refractivity contribution is -0.134. The summed E-state index contributed by atoms with van der Waals surface area (Å²) in [6.45, 7) is 4.03. The van der Waals surface area contributed by atoms with Gasteiger partial charge in [0, 0.05) is 17.1 Å². The molecule has 0 spiro atoms. The minimum atomic E-state index is -0.953. The number of hydrogen-bond donors (Lipinski definition) is 1. The van der Waals surface area contributed by atoms with Gasteiger partial charge in [-0.3, -0.25) is 4.79 Å². The molecule has 1 aromatic carbocycles. The van der Waals surface area contributed by atoms with Gasteiger partial charge in [0.05, 0.1) is 6.20 Å². The third-order valence-corrected chi connectivity index (χ3v) is 3.40. The van der Waals surface area contributed by atoms with Crippen molar-refractivity contribution >= 4 is 17.5 Å². The smallest absolute Gasteiger partial charge is 0.263 e. The number of hydrogen-bond acceptors (Lipinski definition) is 4. The van der Waals surface area contributed by atoms with Gasteiger partial charge in [0.1, 0.15) is 12.0 Å². The summed E-state index contributed by atoms with van der Waals surface area (Å²) >= 11 is 5.83. The maximum Gasteiger partial charge on any atom is 0.263 e. The van der Waals surface area contributed by atoms with Crippen molar-refractivity contribution in [2.24, 2.45) is 0 Å². The van der Waals surface area contributed by atoms with Crippen LogP contribution in [0.5, 0.6) is 5.75 Å². The highest BCUT2D eigenvalue weighted by Gasteiger charge is 2.29. The van der Waals surface area contributed by atoms with E-state index in [9.17, 15) is 4.79 Å². The van der Waals surface area contributed by atoms with Crippen LogP contribution in [0.1, 0.15) is 25.8 Å². The van der Waals surface area contributed by atoms with E-state index in [-0.39, 0.29) is 5.91 Å². The van der Waals surface area contributed by atoms with Crippen LogP contribution in [0.15, 0.2) is 41.2 Å². The first-order valence-corrected chi connectivity index (χ1v) is 7.46. The topological polar surface area (TPSA) is 64.4 Å². The zero-order valence-corrected chi connectivity index (χ0v) is 13.4. The number of benzene rings is 1. The molecular formula is C16H19ClN2O3. The fourth-order valence-corrected chi connectivity index (χ4v) is 2.03. The average molecular weight is 323 g/mol. The van der Waals surface area contributed by atoms with Gasteiger partial charge >= 0.3 is 0 Å². The maximum atomic E-state index is 12.2. The van der Waals surface area contributed by atoms with Gasteiger partial charge in [-0.2, -0.15) is 0 Å². The van der Waals surface area contributed by atoms with Gasteiger partial charge in [0.15, 0.2) is 5.60 Å². The van der Waals surface area contributed by atoms with Crippen LogP contribution in [0.3, 0.4) is 0 Å². The minimum absolute atomic E-state index is 0.159. The van der Waals surface area contributed by atoms with Crippen LogP contribution in [0.2, 0.25) is 5.02 Å². The summed E-state index contributed by atoms with van der Waals surface area (Å²) < 4.78 is 10.5. The predicted molar refractivity (Wildman–Crippen MR) is 84.0 cm³/mol. The molecule has 0 aliphatic heterocycles. The number of carbonyl (C=O) groups excluding carboxylic acids is 1. The number of ether oxygens (including phenoxy) is 1. The van der Waals surface area contributed by atoms with E-state index >= 15 is 0 Å². The predicted octanol–water partition coefficient (Wildman–Crippen LogP) is 3.23. The molecule has 0 saturated carbocycles. The molecule has 0 radical (unpaired) electrons. The molecule has 6 heteroatoms. The molecule has 0 aliphatic carbocycles. The molecular weight excluding hydrogens is 304 g/mol. The number of nitrogens with zero attached hydrogens (tertiary/aromatic N) is 1. The molecule has 1 heterocycles. The molecule has 1 aromatic heterocycles. The van der Waals surface area contributed by atoms with E-state index in [4.69, 9.17) is 20.9 Å². The highest BCUT2D eigenvalue weighted by atomic mass is 35.5. The van der Waals surface area contributed by atoms with Gasteiger partial charge in [-0.1, -0.05) is 16.8 Å². The fraction of sp³-hybridized carbons (Fsp3) is 0.375. The van der Waals surface area contributed by atoms with Gasteiger partial charge in [0.25, 0.3) is 5.91 Å². The Bertz CT molecular complexity index is 594. The monoisotopic (exact) mass is 322 g/mol. The van der Waals surface area contributed by atoms with Crippen molar-refractivity contribution in [2.45, 2.75) is 32.3 Å². The quantitative estimate of drug-likeness (QED) is 0.795. The molecule has 0 aliphatic rings. The van der Waals surface area contributed by atoms with Crippen molar-refractivity contribution in [1.29, 1.82) is 0 Å². The van der Waals surface area contributed by atoms with E-state index in [1.54, 1.807) is 50.6 Å². The summed E-state index contributed by atoms with van der Waals surface area (Å²) in [5.74, 6) is 0.446. The first kappa shape index (κ1) is 16.4. The van der Waals surface area contributed by atoms with Gasteiger partial charge in [-0.25, -0.2) is 0 Å². The van der Waals surface area contributed by atoms with Crippen molar-refractivity contribution < 1.29 is 14.1 Å². The SMILES string of the molecule is CC(C)(Oc1ccc(Cl)cc1)C(=O)NCCCc1cnoc1. The second-order valence-corrected chi connectivity index (χ2v) is 5.89. The van der Waals surface area contributed by atoms with Gasteiger partial charge in [0.2, 0.25) is 0 Å². The van der Waals surface area contributed by atoms with Crippen LogP contribution >= 0.6 is 11.6 Å². The zero-order chi connectivity index (χ0) is 16.0. The van der Waals surface area contributed by atoms with E-state index in [1.807, 2.05) is 0 Å². The van der Waals surface area contributed by atoms with Crippen molar-refractivity contribution in [1.82, 2.24) is 10.5 Å². The van der Waals surface area contributed by atoms with Crippen molar-refractivity contribution in [2.75, 3.05) is 6.54 Å². The van der Waals surface area contributed by atoms with E-state index in [0.29, 0.717) is 17.3 Å². The van der Waals surface area contributed by atoms with Gasteiger partial charge in [-0.15, -0.1) is 0 Å². The Morgan fingerprint density at radius 3 is 2.73 bits per heavy atom. The van der Waals surface area contributed by atoms with Crippen LogP contribution in [-0.4, -0.2) is 23.2 Å². The zero-order valence-electron chi connectivity index (χ0n) is 12.6. The van der Waals surface area contributed by atoms with Crippen LogP contribution in [0.25, 0.3) is 0 Å². The first-order chi connectivity index (χ1) is 10.5. The molecule has 0 atom stereocenters. The third-order valence-electron chi connectivity index (χ3n) is 3.14. The van der Waals surface area contributed by atoms with Crippen LogP contribution in [0.4, 0.5) is 0 Å². The van der Waals surface area contributed by atoms with E-state index < -0.39 is 5.60 Å². The lowest BCUT2D eigenvalue weighted by atomic mass is 10.1. The Labute approximate surface area is 134 Å². The number of amides is 1. The van der Waals surface area contributed by atoms with Gasteiger partial charge < -0.3 is 14.6 Å². The summed E-state index contributed by atoms with van der Waals surface area (Å²) in [6.07, 6.45) is 4.90. The van der Waals surface area contributed by atoms with E-state index in [2.05, 4.69) is 10.5 Å². The second kappa shape index (κ2) is 7.31. The number of rotatable bonds is 7. The number of carbonyl (C=O) groups is 1. The Morgan fingerprint density at radius 2 is 2.09 bits per heavy atom. The molecule has 118 valence electrons. The Morgan fingerprint density at radius 1 is 1.36 bits per heavy atom. The minimum Gasteiger partial charge on any atom is -0.478 e. The standard InChI is InChI=1S/C16H19ClN2O3/c1-16(2,22-14-7-5-13(17)6-8-14)15(20)18-9-3-4-12-10-19-21-11-12/h5-8,10-11H,3-4,9H2,1-2H3,(H,18,20). The lowest BCUT2D eigenvalue weighted by Gasteiger charge is -2.25. The number of halogens is 1. The van der Waals surface area contributed by atoms with Crippen LogP contribution in [-0.2, 0) is 11.2 Å². The lowest BCUT2D eigenvalue weighted by Crippen LogP contribution is -2.46. The molecule has 0 unspecified atom stereocenters. The summed E-state index contributed by atoms with van der Waals surface area (Å²) in [5, 5.41) is 7.14. The second-order valence-electron chi connectivity index (χ2n) is 5.46. The molecule has 22 heavy (non-hydrogen) atoms.